The Kier molecular flexibility index (Phi) is 3.87. The number of fused-ring (bicyclic) bond motifs is 1. The predicted octanol–water partition coefficient (Wildman–Crippen LogP) is 1.48. The quantitative estimate of drug-likeness (QED) is 0.911. The van der Waals surface area contributed by atoms with Gasteiger partial charge in [-0.2, -0.15) is 5.10 Å². The molecule has 1 aliphatic rings. The molecule has 2 N–H and O–H groups in total. The lowest BCUT2D eigenvalue weighted by Crippen LogP contribution is -2.51. The summed E-state index contributed by atoms with van der Waals surface area (Å²) in [5, 5.41) is 5.05. The molecule has 0 bridgehead atoms. The van der Waals surface area contributed by atoms with Gasteiger partial charge in [-0.1, -0.05) is 6.92 Å². The Morgan fingerprint density at radius 3 is 3.00 bits per heavy atom. The number of piperidine rings is 1. The van der Waals surface area contributed by atoms with Crippen LogP contribution in [0.4, 0.5) is 0 Å². The van der Waals surface area contributed by atoms with Gasteiger partial charge in [-0.3, -0.25) is 9.48 Å². The first kappa shape index (κ1) is 15.0. The number of amides is 1. The van der Waals surface area contributed by atoms with Crippen LogP contribution in [0.25, 0.3) is 11.0 Å². The molecule has 0 radical (unpaired) electrons. The van der Waals surface area contributed by atoms with Crippen LogP contribution in [0.15, 0.2) is 12.3 Å². The number of carbonyl (C=O) groups excluding carboxylic acids is 1. The zero-order chi connectivity index (χ0) is 15.9. The van der Waals surface area contributed by atoms with Gasteiger partial charge in [0.25, 0.3) is 5.91 Å². The Morgan fingerprint density at radius 1 is 1.50 bits per heavy atom. The zero-order valence-electron chi connectivity index (χ0n) is 13.4. The molecule has 1 aliphatic heterocycles. The predicted molar refractivity (Wildman–Crippen MR) is 85.5 cm³/mol. The smallest absolute Gasteiger partial charge is 0.255 e. The van der Waals surface area contributed by atoms with Gasteiger partial charge in [0.2, 0.25) is 0 Å². The van der Waals surface area contributed by atoms with E-state index in [2.05, 4.69) is 17.0 Å². The highest BCUT2D eigenvalue weighted by Gasteiger charge is 2.32. The third kappa shape index (κ3) is 2.37. The molecule has 0 saturated carbocycles. The van der Waals surface area contributed by atoms with Crippen LogP contribution in [0, 0.1) is 12.8 Å². The van der Waals surface area contributed by atoms with Gasteiger partial charge in [0.15, 0.2) is 5.65 Å². The molecule has 0 aliphatic carbocycles. The van der Waals surface area contributed by atoms with E-state index < -0.39 is 0 Å². The molecule has 3 rings (SSSR count). The minimum atomic E-state index is 0.0468. The van der Waals surface area contributed by atoms with E-state index in [1.54, 1.807) is 10.9 Å². The molecule has 0 unspecified atom stereocenters. The molecule has 2 aromatic heterocycles. The number of nitrogens with zero attached hydrogens (tertiary/aromatic N) is 4. The minimum absolute atomic E-state index is 0.0468. The maximum atomic E-state index is 13.1. The van der Waals surface area contributed by atoms with E-state index in [0.29, 0.717) is 18.0 Å². The number of nitrogens with two attached hydrogens (primary N) is 1. The average molecular weight is 301 g/mol. The van der Waals surface area contributed by atoms with E-state index in [4.69, 9.17) is 5.73 Å². The SMILES string of the molecule is Cc1cc(C(=O)N2CCC[C@@H](C)[C@H]2CN)c2cnn(C)c2n1. The summed E-state index contributed by atoms with van der Waals surface area (Å²) >= 11 is 0. The summed E-state index contributed by atoms with van der Waals surface area (Å²) in [7, 11) is 1.84. The molecule has 6 heteroatoms. The van der Waals surface area contributed by atoms with Gasteiger partial charge in [-0.15, -0.1) is 0 Å². The number of hydrogen-bond acceptors (Lipinski definition) is 4. The molecule has 1 fully saturated rings. The fourth-order valence-corrected chi connectivity index (χ4v) is 3.43. The van der Waals surface area contributed by atoms with Crippen molar-refractivity contribution in [1.82, 2.24) is 19.7 Å². The first-order valence-electron chi connectivity index (χ1n) is 7.83. The summed E-state index contributed by atoms with van der Waals surface area (Å²) in [5.41, 5.74) is 8.18. The van der Waals surface area contributed by atoms with Crippen molar-refractivity contribution in [1.29, 1.82) is 0 Å². The summed E-state index contributed by atoms with van der Waals surface area (Å²) < 4.78 is 1.71. The lowest BCUT2D eigenvalue weighted by Gasteiger charge is -2.39. The Morgan fingerprint density at radius 2 is 2.27 bits per heavy atom. The summed E-state index contributed by atoms with van der Waals surface area (Å²) in [6, 6.07) is 1.97. The number of aryl methyl sites for hydroxylation is 2. The molecular formula is C16H23N5O. The fraction of sp³-hybridized carbons (Fsp3) is 0.562. The number of aromatic nitrogens is 3. The number of pyridine rings is 1. The Bertz CT molecular complexity index is 708. The van der Waals surface area contributed by atoms with Crippen LogP contribution in [0.5, 0.6) is 0 Å². The highest BCUT2D eigenvalue weighted by molar-refractivity contribution is 6.05. The van der Waals surface area contributed by atoms with Crippen molar-refractivity contribution in [2.45, 2.75) is 32.7 Å². The highest BCUT2D eigenvalue weighted by atomic mass is 16.2. The first-order valence-corrected chi connectivity index (χ1v) is 7.83. The third-order valence-electron chi connectivity index (χ3n) is 4.68. The van der Waals surface area contributed by atoms with Crippen molar-refractivity contribution in [3.05, 3.63) is 23.5 Å². The van der Waals surface area contributed by atoms with E-state index in [-0.39, 0.29) is 11.9 Å². The molecule has 0 aromatic carbocycles. The molecule has 6 nitrogen and oxygen atoms in total. The van der Waals surface area contributed by atoms with Gasteiger partial charge in [0.1, 0.15) is 0 Å². The largest absolute Gasteiger partial charge is 0.334 e. The molecule has 22 heavy (non-hydrogen) atoms. The van der Waals surface area contributed by atoms with Crippen molar-refractivity contribution in [3.63, 3.8) is 0 Å². The topological polar surface area (TPSA) is 77.0 Å². The molecule has 2 aromatic rings. The Balaban J connectivity index is 2.05. The van der Waals surface area contributed by atoms with Crippen LogP contribution in [0.1, 0.15) is 35.8 Å². The van der Waals surface area contributed by atoms with Gasteiger partial charge in [-0.05, 0) is 31.7 Å². The van der Waals surface area contributed by atoms with E-state index in [9.17, 15) is 4.79 Å². The summed E-state index contributed by atoms with van der Waals surface area (Å²) in [6.07, 6.45) is 3.88. The summed E-state index contributed by atoms with van der Waals surface area (Å²) in [6.45, 7) is 5.36. The maximum absolute atomic E-state index is 13.1. The van der Waals surface area contributed by atoms with Crippen LogP contribution in [-0.2, 0) is 7.05 Å². The second kappa shape index (κ2) is 5.68. The Hall–Kier alpha value is -1.95. The van der Waals surface area contributed by atoms with Gasteiger partial charge in [-0.25, -0.2) is 4.98 Å². The first-order chi connectivity index (χ1) is 10.5. The highest BCUT2D eigenvalue weighted by Crippen LogP contribution is 2.26. The van der Waals surface area contributed by atoms with Crippen molar-refractivity contribution in [3.8, 4) is 0 Å². The van der Waals surface area contributed by atoms with Crippen molar-refractivity contribution >= 4 is 16.9 Å². The van der Waals surface area contributed by atoms with E-state index >= 15 is 0 Å². The molecule has 118 valence electrons. The van der Waals surface area contributed by atoms with Crippen LogP contribution in [0.3, 0.4) is 0 Å². The van der Waals surface area contributed by atoms with Crippen LogP contribution in [0.2, 0.25) is 0 Å². The second-order valence-corrected chi connectivity index (χ2v) is 6.24. The van der Waals surface area contributed by atoms with Crippen molar-refractivity contribution < 1.29 is 4.79 Å². The molecule has 2 atom stereocenters. The van der Waals surface area contributed by atoms with Crippen LogP contribution < -0.4 is 5.73 Å². The molecule has 0 spiro atoms. The normalized spacial score (nSPS) is 22.3. The standard InChI is InChI=1S/C16H23N5O/c1-10-5-4-6-21(14(10)8-17)16(22)12-7-11(2)19-15-13(12)9-18-20(15)3/h7,9-10,14H,4-6,8,17H2,1-3H3/t10-,14-/m1/s1. The Labute approximate surface area is 130 Å². The molecule has 1 saturated heterocycles. The number of likely N-dealkylation sites (tertiary alicyclic amines) is 1. The second-order valence-electron chi connectivity index (χ2n) is 6.24. The lowest BCUT2D eigenvalue weighted by molar-refractivity contribution is 0.0534. The summed E-state index contributed by atoms with van der Waals surface area (Å²) in [4.78, 5) is 19.5. The maximum Gasteiger partial charge on any atom is 0.255 e. The number of rotatable bonds is 2. The van der Waals surface area contributed by atoms with Gasteiger partial charge in [0, 0.05) is 31.9 Å². The van der Waals surface area contributed by atoms with Gasteiger partial charge >= 0.3 is 0 Å². The van der Waals surface area contributed by atoms with Crippen molar-refractivity contribution in [2.75, 3.05) is 13.1 Å². The monoisotopic (exact) mass is 301 g/mol. The average Bonchev–Trinajstić information content (AvgIpc) is 2.87. The van der Waals surface area contributed by atoms with Crippen LogP contribution >= 0.6 is 0 Å². The van der Waals surface area contributed by atoms with E-state index in [1.165, 1.54) is 0 Å². The van der Waals surface area contributed by atoms with Crippen molar-refractivity contribution in [2.24, 2.45) is 18.7 Å². The molecule has 3 heterocycles. The van der Waals surface area contributed by atoms with Gasteiger partial charge in [0.05, 0.1) is 17.1 Å². The summed E-state index contributed by atoms with van der Waals surface area (Å²) in [5.74, 6) is 0.487. The minimum Gasteiger partial charge on any atom is -0.334 e. The number of carbonyl (C=O) groups is 1. The zero-order valence-corrected chi connectivity index (χ0v) is 13.4. The van der Waals surface area contributed by atoms with E-state index in [1.807, 2.05) is 24.9 Å². The van der Waals surface area contributed by atoms with Crippen LogP contribution in [-0.4, -0.2) is 44.7 Å². The van der Waals surface area contributed by atoms with Gasteiger partial charge < -0.3 is 10.6 Å². The fourth-order valence-electron chi connectivity index (χ4n) is 3.43. The lowest BCUT2D eigenvalue weighted by atomic mass is 9.90. The number of hydrogen-bond donors (Lipinski definition) is 1. The molecule has 1 amide bonds. The third-order valence-corrected chi connectivity index (χ3v) is 4.68. The molecular weight excluding hydrogens is 278 g/mol. The van der Waals surface area contributed by atoms with E-state index in [0.717, 1.165) is 36.1 Å².